The van der Waals surface area contributed by atoms with E-state index in [1.807, 2.05) is 21.8 Å². The number of nitrogens with zero attached hydrogens (tertiary/aromatic N) is 4. The molecule has 6 heteroatoms. The Labute approximate surface area is 117 Å². The Morgan fingerprint density at radius 1 is 1.45 bits per heavy atom. The molecule has 20 heavy (non-hydrogen) atoms. The number of hydrogen-bond donors (Lipinski definition) is 0. The van der Waals surface area contributed by atoms with Gasteiger partial charge in [-0.05, 0) is 31.7 Å². The fourth-order valence-electron chi connectivity index (χ4n) is 2.75. The Kier molecular flexibility index (Phi) is 3.80. The van der Waals surface area contributed by atoms with Crippen molar-refractivity contribution < 1.29 is 9.21 Å². The third kappa shape index (κ3) is 2.74. The second-order valence-corrected chi connectivity index (χ2v) is 5.07. The van der Waals surface area contributed by atoms with Crippen LogP contribution in [0.5, 0.6) is 0 Å². The van der Waals surface area contributed by atoms with E-state index < -0.39 is 0 Å². The molecule has 6 nitrogen and oxygen atoms in total. The summed E-state index contributed by atoms with van der Waals surface area (Å²) in [5, 5.41) is 4.21. The third-order valence-corrected chi connectivity index (χ3v) is 3.78. The molecule has 3 rings (SSSR count). The van der Waals surface area contributed by atoms with Crippen LogP contribution in [-0.4, -0.2) is 38.2 Å². The Morgan fingerprint density at radius 2 is 2.40 bits per heavy atom. The van der Waals surface area contributed by atoms with Crippen LogP contribution in [0.1, 0.15) is 36.2 Å². The highest BCUT2D eigenvalue weighted by atomic mass is 16.3. The van der Waals surface area contributed by atoms with Crippen molar-refractivity contribution in [2.24, 2.45) is 0 Å². The molecule has 3 heterocycles. The molecule has 1 atom stereocenters. The van der Waals surface area contributed by atoms with Gasteiger partial charge in [-0.1, -0.05) is 0 Å². The summed E-state index contributed by atoms with van der Waals surface area (Å²) in [5.74, 6) is 0.281. The van der Waals surface area contributed by atoms with Crippen molar-refractivity contribution in [1.29, 1.82) is 0 Å². The molecule has 0 saturated carbocycles. The van der Waals surface area contributed by atoms with Gasteiger partial charge in [0.2, 0.25) is 5.76 Å². The fourth-order valence-corrected chi connectivity index (χ4v) is 2.75. The maximum atomic E-state index is 12.4. The lowest BCUT2D eigenvalue weighted by Gasteiger charge is -2.35. The van der Waals surface area contributed by atoms with Crippen LogP contribution in [0, 0.1) is 0 Å². The average Bonchev–Trinajstić information content (AvgIpc) is 3.18. The van der Waals surface area contributed by atoms with Crippen molar-refractivity contribution in [3.05, 3.63) is 36.8 Å². The summed E-state index contributed by atoms with van der Waals surface area (Å²) in [6.07, 6.45) is 10.7. The van der Waals surface area contributed by atoms with Crippen LogP contribution in [0.15, 0.2) is 35.5 Å². The van der Waals surface area contributed by atoms with Gasteiger partial charge >= 0.3 is 0 Å². The number of oxazole rings is 1. The molecule has 1 fully saturated rings. The van der Waals surface area contributed by atoms with E-state index in [0.29, 0.717) is 5.76 Å². The lowest BCUT2D eigenvalue weighted by atomic mass is 9.99. The molecule has 0 aromatic carbocycles. The molecule has 0 bridgehead atoms. The zero-order chi connectivity index (χ0) is 13.8. The van der Waals surface area contributed by atoms with Crippen molar-refractivity contribution in [1.82, 2.24) is 19.7 Å². The van der Waals surface area contributed by atoms with Gasteiger partial charge in [-0.25, -0.2) is 4.98 Å². The Balaban J connectivity index is 1.66. The van der Waals surface area contributed by atoms with E-state index in [1.165, 1.54) is 19.0 Å². The molecule has 1 amide bonds. The van der Waals surface area contributed by atoms with Crippen LogP contribution < -0.4 is 0 Å². The first kappa shape index (κ1) is 12.9. The molecule has 1 saturated heterocycles. The number of hydrogen-bond acceptors (Lipinski definition) is 4. The van der Waals surface area contributed by atoms with E-state index in [2.05, 4.69) is 10.1 Å². The largest absolute Gasteiger partial charge is 0.438 e. The van der Waals surface area contributed by atoms with Crippen molar-refractivity contribution in [2.45, 2.75) is 38.3 Å². The molecular weight excluding hydrogens is 256 g/mol. The number of rotatable bonds is 4. The van der Waals surface area contributed by atoms with Gasteiger partial charge in [-0.15, -0.1) is 0 Å². The molecule has 1 aliphatic rings. The maximum Gasteiger partial charge on any atom is 0.291 e. The minimum absolute atomic E-state index is 0.0485. The van der Waals surface area contributed by atoms with E-state index in [4.69, 9.17) is 4.42 Å². The maximum absolute atomic E-state index is 12.4. The summed E-state index contributed by atoms with van der Waals surface area (Å²) in [4.78, 5) is 18.1. The fraction of sp³-hybridized carbons (Fsp3) is 0.500. The van der Waals surface area contributed by atoms with Gasteiger partial charge in [-0.2, -0.15) is 5.10 Å². The monoisotopic (exact) mass is 274 g/mol. The summed E-state index contributed by atoms with van der Waals surface area (Å²) < 4.78 is 7.04. The highest BCUT2D eigenvalue weighted by molar-refractivity contribution is 5.91. The minimum atomic E-state index is -0.0485. The topological polar surface area (TPSA) is 64.2 Å². The van der Waals surface area contributed by atoms with Gasteiger partial charge in [0.1, 0.15) is 0 Å². The van der Waals surface area contributed by atoms with E-state index >= 15 is 0 Å². The normalized spacial score (nSPS) is 19.2. The number of carbonyl (C=O) groups is 1. The Morgan fingerprint density at radius 3 is 3.15 bits per heavy atom. The lowest BCUT2D eigenvalue weighted by molar-refractivity contribution is 0.0561. The van der Waals surface area contributed by atoms with Crippen molar-refractivity contribution in [2.75, 3.05) is 6.54 Å². The molecule has 0 N–H and O–H groups in total. The first-order chi connectivity index (χ1) is 9.84. The summed E-state index contributed by atoms with van der Waals surface area (Å²) in [7, 11) is 0. The van der Waals surface area contributed by atoms with E-state index in [0.717, 1.165) is 32.4 Å². The smallest absolute Gasteiger partial charge is 0.291 e. The minimum Gasteiger partial charge on any atom is -0.438 e. The van der Waals surface area contributed by atoms with Crippen molar-refractivity contribution in [3.8, 4) is 0 Å². The molecule has 2 aromatic rings. The van der Waals surface area contributed by atoms with E-state index in [1.54, 1.807) is 6.20 Å². The zero-order valence-electron chi connectivity index (χ0n) is 11.3. The molecule has 0 spiro atoms. The summed E-state index contributed by atoms with van der Waals surface area (Å²) in [6, 6.07) is 2.17. The third-order valence-electron chi connectivity index (χ3n) is 3.78. The molecule has 106 valence electrons. The van der Waals surface area contributed by atoms with Crippen LogP contribution in [0.25, 0.3) is 0 Å². The number of amides is 1. The van der Waals surface area contributed by atoms with Gasteiger partial charge in [0.05, 0.1) is 6.20 Å². The van der Waals surface area contributed by atoms with Crippen LogP contribution in [0.2, 0.25) is 0 Å². The van der Waals surface area contributed by atoms with Crippen LogP contribution >= 0.6 is 0 Å². The second-order valence-electron chi connectivity index (χ2n) is 5.07. The van der Waals surface area contributed by atoms with Gasteiger partial charge in [0, 0.05) is 31.5 Å². The number of piperidine rings is 1. The Bertz CT molecular complexity index is 536. The summed E-state index contributed by atoms with van der Waals surface area (Å²) in [6.45, 7) is 1.63. The van der Waals surface area contributed by atoms with Gasteiger partial charge in [0.15, 0.2) is 6.39 Å². The highest BCUT2D eigenvalue weighted by Gasteiger charge is 2.28. The van der Waals surface area contributed by atoms with E-state index in [9.17, 15) is 4.79 Å². The first-order valence-electron chi connectivity index (χ1n) is 7.01. The van der Waals surface area contributed by atoms with Crippen molar-refractivity contribution >= 4 is 5.91 Å². The van der Waals surface area contributed by atoms with Gasteiger partial charge < -0.3 is 9.32 Å². The molecule has 0 unspecified atom stereocenters. The summed E-state index contributed by atoms with van der Waals surface area (Å²) in [5.41, 5.74) is 0. The Hall–Kier alpha value is -2.11. The molecule has 1 aliphatic heterocycles. The number of aromatic nitrogens is 3. The van der Waals surface area contributed by atoms with Crippen LogP contribution in [0.3, 0.4) is 0 Å². The number of aryl methyl sites for hydroxylation is 1. The first-order valence-corrected chi connectivity index (χ1v) is 7.01. The number of likely N-dealkylation sites (tertiary alicyclic amines) is 1. The standard InChI is InChI=1S/C14H18N4O2/c19-14(13-10-15-11-20-13)18-8-2-1-4-12(18)5-9-17-7-3-6-16-17/h3,6-7,10-12H,1-2,4-5,8-9H2/t12-/m1/s1. The molecule has 0 aliphatic carbocycles. The quantitative estimate of drug-likeness (QED) is 0.855. The highest BCUT2D eigenvalue weighted by Crippen LogP contribution is 2.22. The van der Waals surface area contributed by atoms with E-state index in [-0.39, 0.29) is 11.9 Å². The lowest BCUT2D eigenvalue weighted by Crippen LogP contribution is -2.44. The van der Waals surface area contributed by atoms with Crippen LogP contribution in [-0.2, 0) is 6.54 Å². The summed E-state index contributed by atoms with van der Waals surface area (Å²) >= 11 is 0. The average molecular weight is 274 g/mol. The molecule has 0 radical (unpaired) electrons. The molecule has 2 aromatic heterocycles. The van der Waals surface area contributed by atoms with Crippen molar-refractivity contribution in [3.63, 3.8) is 0 Å². The SMILES string of the molecule is O=C(c1cnco1)N1CCCC[C@@H]1CCn1cccn1. The van der Waals surface area contributed by atoms with Gasteiger partial charge in [-0.3, -0.25) is 9.48 Å². The van der Waals surface area contributed by atoms with Crippen LogP contribution in [0.4, 0.5) is 0 Å². The molecular formula is C14H18N4O2. The predicted molar refractivity (Wildman–Crippen MR) is 72.0 cm³/mol. The zero-order valence-corrected chi connectivity index (χ0v) is 11.3. The predicted octanol–water partition coefficient (Wildman–Crippen LogP) is 1.96. The second kappa shape index (κ2) is 5.90. The number of carbonyl (C=O) groups excluding carboxylic acids is 1. The van der Waals surface area contributed by atoms with Gasteiger partial charge in [0.25, 0.3) is 5.91 Å².